The number of rotatable bonds is 2. The zero-order valence-electron chi connectivity index (χ0n) is 14.0. The predicted octanol–water partition coefficient (Wildman–Crippen LogP) is 1.63. The van der Waals surface area contributed by atoms with Crippen molar-refractivity contribution in [1.29, 1.82) is 0 Å². The molecular weight excluding hydrogens is 336 g/mol. The van der Waals surface area contributed by atoms with Gasteiger partial charge in [0, 0.05) is 25.7 Å². The van der Waals surface area contributed by atoms with Crippen LogP contribution in [0.2, 0.25) is 0 Å². The van der Waals surface area contributed by atoms with E-state index in [1.165, 1.54) is 30.9 Å². The lowest BCUT2D eigenvalue weighted by molar-refractivity contribution is 0.0999. The van der Waals surface area contributed by atoms with Gasteiger partial charge < -0.3 is 9.73 Å². The highest BCUT2D eigenvalue weighted by Crippen LogP contribution is 2.21. The fraction of sp³-hybridized carbons (Fsp3) is 0.111. The highest BCUT2D eigenvalue weighted by Gasteiger charge is 2.17. The van der Waals surface area contributed by atoms with Crippen molar-refractivity contribution >= 4 is 33.6 Å². The Morgan fingerprint density at radius 2 is 1.88 bits per heavy atom. The van der Waals surface area contributed by atoms with Crippen molar-refractivity contribution in [2.75, 3.05) is 5.32 Å². The molecule has 4 aromatic rings. The van der Waals surface area contributed by atoms with E-state index in [0.717, 1.165) is 9.95 Å². The van der Waals surface area contributed by atoms with Crippen molar-refractivity contribution in [1.82, 2.24) is 14.1 Å². The van der Waals surface area contributed by atoms with Crippen LogP contribution in [0.5, 0.6) is 0 Å². The molecule has 0 atom stereocenters. The van der Waals surface area contributed by atoms with E-state index >= 15 is 0 Å². The van der Waals surface area contributed by atoms with Crippen LogP contribution in [0.4, 0.5) is 5.69 Å². The molecule has 1 aromatic carbocycles. The predicted molar refractivity (Wildman–Crippen MR) is 96.4 cm³/mol. The average Bonchev–Trinajstić information content (AvgIpc) is 3.09. The van der Waals surface area contributed by atoms with Crippen molar-refractivity contribution < 1.29 is 9.21 Å². The minimum atomic E-state index is -0.531. The van der Waals surface area contributed by atoms with Crippen LogP contribution < -0.4 is 16.6 Å². The highest BCUT2D eigenvalue weighted by molar-refractivity contribution is 6.08. The van der Waals surface area contributed by atoms with E-state index in [1.807, 2.05) is 18.2 Å². The van der Waals surface area contributed by atoms with E-state index in [0.29, 0.717) is 5.58 Å². The van der Waals surface area contributed by atoms with E-state index < -0.39 is 17.2 Å². The summed E-state index contributed by atoms with van der Waals surface area (Å²) in [4.78, 5) is 41.2. The molecule has 0 aliphatic rings. The standard InChI is InChI=1S/C18H14N4O4/c1-21-15-14(17(24)22(2)18(21)25)11(7-8-19-15)20-16(23)13-9-10-5-3-4-6-12(10)26-13/h3-9H,1-2H3,(H,19,20,23). The largest absolute Gasteiger partial charge is 0.451 e. The molecule has 0 fully saturated rings. The molecule has 130 valence electrons. The number of amides is 1. The summed E-state index contributed by atoms with van der Waals surface area (Å²) in [7, 11) is 2.89. The van der Waals surface area contributed by atoms with Crippen LogP contribution in [0.3, 0.4) is 0 Å². The third-order valence-electron chi connectivity index (χ3n) is 4.24. The molecular formula is C18H14N4O4. The number of fused-ring (bicyclic) bond motifs is 2. The molecule has 0 radical (unpaired) electrons. The van der Waals surface area contributed by atoms with Crippen molar-refractivity contribution in [3.63, 3.8) is 0 Å². The first-order valence-electron chi connectivity index (χ1n) is 7.82. The van der Waals surface area contributed by atoms with Crippen LogP contribution >= 0.6 is 0 Å². The number of hydrogen-bond donors (Lipinski definition) is 1. The number of aryl methyl sites for hydroxylation is 1. The van der Waals surface area contributed by atoms with Crippen LogP contribution in [0.15, 0.2) is 56.6 Å². The van der Waals surface area contributed by atoms with Crippen molar-refractivity contribution in [2.24, 2.45) is 14.1 Å². The summed E-state index contributed by atoms with van der Waals surface area (Å²) in [5.41, 5.74) is 0.0274. The number of para-hydroxylation sites is 1. The first-order chi connectivity index (χ1) is 12.5. The van der Waals surface area contributed by atoms with Gasteiger partial charge in [-0.25, -0.2) is 9.78 Å². The molecule has 1 N–H and O–H groups in total. The maximum atomic E-state index is 12.6. The number of nitrogens with zero attached hydrogens (tertiary/aromatic N) is 3. The number of benzene rings is 1. The number of aromatic nitrogens is 3. The number of hydrogen-bond acceptors (Lipinski definition) is 5. The van der Waals surface area contributed by atoms with Gasteiger partial charge in [-0.15, -0.1) is 0 Å². The number of furan rings is 1. The lowest BCUT2D eigenvalue weighted by Crippen LogP contribution is -2.37. The minimum absolute atomic E-state index is 0.123. The Balaban J connectivity index is 1.83. The SMILES string of the molecule is Cn1c(=O)c2c(NC(=O)c3cc4ccccc4o3)ccnc2n(C)c1=O. The van der Waals surface area contributed by atoms with Gasteiger partial charge in [0.1, 0.15) is 11.0 Å². The average molecular weight is 350 g/mol. The lowest BCUT2D eigenvalue weighted by Gasteiger charge is -2.10. The molecule has 0 aliphatic heterocycles. The smallest absolute Gasteiger partial charge is 0.332 e. The first kappa shape index (κ1) is 15.8. The Hall–Kier alpha value is -3.68. The second-order valence-corrected chi connectivity index (χ2v) is 5.87. The number of carbonyl (C=O) groups excluding carboxylic acids is 1. The molecule has 0 spiro atoms. The van der Waals surface area contributed by atoms with Crippen LogP contribution in [0.1, 0.15) is 10.6 Å². The first-order valence-corrected chi connectivity index (χ1v) is 7.82. The number of anilines is 1. The van der Waals surface area contributed by atoms with Crippen LogP contribution in [-0.2, 0) is 14.1 Å². The monoisotopic (exact) mass is 350 g/mol. The topological polar surface area (TPSA) is 99.1 Å². The number of nitrogens with one attached hydrogen (secondary N) is 1. The molecule has 3 aromatic heterocycles. The Bertz CT molecular complexity index is 1260. The van der Waals surface area contributed by atoms with E-state index in [4.69, 9.17) is 4.42 Å². The molecule has 0 aliphatic carbocycles. The number of carbonyl (C=O) groups is 1. The van der Waals surface area contributed by atoms with Gasteiger partial charge in [0.05, 0.1) is 5.69 Å². The second kappa shape index (κ2) is 5.69. The van der Waals surface area contributed by atoms with E-state index in [-0.39, 0.29) is 22.5 Å². The third-order valence-corrected chi connectivity index (χ3v) is 4.24. The third kappa shape index (κ3) is 2.31. The second-order valence-electron chi connectivity index (χ2n) is 5.87. The summed E-state index contributed by atoms with van der Waals surface area (Å²) >= 11 is 0. The lowest BCUT2D eigenvalue weighted by atomic mass is 10.2. The normalized spacial score (nSPS) is 11.2. The summed E-state index contributed by atoms with van der Waals surface area (Å²) < 4.78 is 7.78. The molecule has 1 amide bonds. The maximum absolute atomic E-state index is 12.6. The summed E-state index contributed by atoms with van der Waals surface area (Å²) in [5.74, 6) is -0.373. The van der Waals surface area contributed by atoms with Crippen molar-refractivity contribution in [2.45, 2.75) is 0 Å². The van der Waals surface area contributed by atoms with E-state index in [2.05, 4.69) is 10.3 Å². The van der Waals surface area contributed by atoms with Crippen molar-refractivity contribution in [3.05, 3.63) is 69.2 Å². The van der Waals surface area contributed by atoms with Gasteiger partial charge in [-0.05, 0) is 18.2 Å². The molecule has 3 heterocycles. The minimum Gasteiger partial charge on any atom is -0.451 e. The molecule has 8 heteroatoms. The van der Waals surface area contributed by atoms with Gasteiger partial charge in [-0.1, -0.05) is 18.2 Å². The summed E-state index contributed by atoms with van der Waals surface area (Å²) in [6, 6.07) is 10.4. The van der Waals surface area contributed by atoms with Gasteiger partial charge in [0.2, 0.25) is 0 Å². The maximum Gasteiger partial charge on any atom is 0.332 e. The number of pyridine rings is 1. The molecule has 4 rings (SSSR count). The quantitative estimate of drug-likeness (QED) is 0.592. The Labute approximate surface area is 146 Å². The molecule has 0 saturated carbocycles. The Morgan fingerprint density at radius 3 is 2.65 bits per heavy atom. The fourth-order valence-electron chi connectivity index (χ4n) is 2.87. The summed E-state index contributed by atoms with van der Waals surface area (Å²) in [5, 5.41) is 3.63. The Kier molecular flexibility index (Phi) is 3.47. The van der Waals surface area contributed by atoms with Crippen molar-refractivity contribution in [3.8, 4) is 0 Å². The molecule has 0 bridgehead atoms. The van der Waals surface area contributed by atoms with Gasteiger partial charge >= 0.3 is 5.69 Å². The van der Waals surface area contributed by atoms with Gasteiger partial charge in [0.15, 0.2) is 11.4 Å². The zero-order chi connectivity index (χ0) is 18.4. The van der Waals surface area contributed by atoms with Gasteiger partial charge in [-0.3, -0.25) is 18.7 Å². The molecule has 26 heavy (non-hydrogen) atoms. The van der Waals surface area contributed by atoms with Gasteiger partial charge in [-0.2, -0.15) is 0 Å². The van der Waals surface area contributed by atoms with E-state index in [9.17, 15) is 14.4 Å². The zero-order valence-corrected chi connectivity index (χ0v) is 14.0. The van der Waals surface area contributed by atoms with Gasteiger partial charge in [0.25, 0.3) is 11.5 Å². The molecule has 8 nitrogen and oxygen atoms in total. The van der Waals surface area contributed by atoms with Crippen LogP contribution in [-0.4, -0.2) is 20.0 Å². The highest BCUT2D eigenvalue weighted by atomic mass is 16.3. The Morgan fingerprint density at radius 1 is 1.12 bits per heavy atom. The summed E-state index contributed by atoms with van der Waals surface area (Å²) in [6.45, 7) is 0. The van der Waals surface area contributed by atoms with Crippen LogP contribution in [0.25, 0.3) is 22.0 Å². The summed E-state index contributed by atoms with van der Waals surface area (Å²) in [6.07, 6.45) is 1.43. The fourth-order valence-corrected chi connectivity index (χ4v) is 2.87. The molecule has 0 saturated heterocycles. The van der Waals surface area contributed by atoms with Crippen LogP contribution in [0, 0.1) is 0 Å². The molecule has 0 unspecified atom stereocenters. The van der Waals surface area contributed by atoms with E-state index in [1.54, 1.807) is 12.1 Å².